The Morgan fingerprint density at radius 2 is 1.82 bits per heavy atom. The number of aromatic amines is 1. The van der Waals surface area contributed by atoms with Crippen LogP contribution in [-0.2, 0) is 19.1 Å². The average molecular weight is 649 g/mol. The van der Waals surface area contributed by atoms with Crippen molar-refractivity contribution in [3.63, 3.8) is 0 Å². The van der Waals surface area contributed by atoms with Crippen molar-refractivity contribution in [2.24, 2.45) is 5.92 Å². The first kappa shape index (κ1) is 30.5. The second-order valence-corrected chi connectivity index (χ2v) is 11.7. The van der Waals surface area contributed by atoms with E-state index in [1.54, 1.807) is 17.9 Å². The Bertz CT molecular complexity index is 1760. The zero-order valence-electron chi connectivity index (χ0n) is 23.1. The molecule has 0 spiro atoms. The Morgan fingerprint density at radius 3 is 2.57 bits per heavy atom. The van der Waals surface area contributed by atoms with Crippen LogP contribution in [0.2, 0.25) is 0 Å². The van der Waals surface area contributed by atoms with Crippen molar-refractivity contribution >= 4 is 51.9 Å². The second-order valence-electron chi connectivity index (χ2n) is 10.1. The molecular weight excluding hydrogens is 618 g/mol. The molecule has 10 unspecified atom stereocenters. The fraction of sp³-hybridized carbons (Fsp3) is 0.500. The highest BCUT2D eigenvalue weighted by Crippen LogP contribution is 2.41. The van der Waals surface area contributed by atoms with Crippen LogP contribution in [0.3, 0.4) is 0 Å². The van der Waals surface area contributed by atoms with Gasteiger partial charge in [0.25, 0.3) is 5.56 Å². The minimum atomic E-state index is -1.31. The summed E-state index contributed by atoms with van der Waals surface area (Å²) in [6.07, 6.45) is 1.16. The van der Waals surface area contributed by atoms with E-state index in [0.717, 1.165) is 0 Å². The van der Waals surface area contributed by atoms with Crippen molar-refractivity contribution in [1.82, 2.24) is 39.0 Å². The number of hydrogen-bond acceptors (Lipinski definition) is 15. The average Bonchev–Trinajstić information content (AvgIpc) is 3.77. The van der Waals surface area contributed by atoms with Gasteiger partial charge in [-0.25, -0.2) is 24.8 Å². The molecule has 6 heterocycles. The molecule has 18 nitrogen and oxygen atoms in total. The van der Waals surface area contributed by atoms with Crippen molar-refractivity contribution in [1.29, 1.82) is 0 Å². The quantitative estimate of drug-likeness (QED) is 0.0526. The second kappa shape index (κ2) is 12.8. The zero-order valence-corrected chi connectivity index (χ0v) is 25.3. The number of imidazole rings is 2. The molecule has 10 atom stereocenters. The van der Waals surface area contributed by atoms with Gasteiger partial charge >= 0.3 is 0 Å². The summed E-state index contributed by atoms with van der Waals surface area (Å²) in [5.41, 5.74) is 8.92. The van der Waals surface area contributed by atoms with E-state index in [-0.39, 0.29) is 38.2 Å². The van der Waals surface area contributed by atoms with Crippen molar-refractivity contribution in [3.05, 3.63) is 29.3 Å². The van der Waals surface area contributed by atoms with Gasteiger partial charge in [-0.3, -0.25) is 24.2 Å². The first-order valence-electron chi connectivity index (χ1n) is 13.4. The van der Waals surface area contributed by atoms with Crippen LogP contribution in [0, 0.1) is 17.7 Å². The highest BCUT2D eigenvalue weighted by atomic mass is 31.1. The van der Waals surface area contributed by atoms with Gasteiger partial charge in [0.05, 0.1) is 18.8 Å². The van der Waals surface area contributed by atoms with E-state index in [9.17, 15) is 20.3 Å². The summed E-state index contributed by atoms with van der Waals surface area (Å²) in [6, 6.07) is 0. The van der Waals surface area contributed by atoms with Crippen molar-refractivity contribution < 1.29 is 34.6 Å². The fourth-order valence-corrected chi connectivity index (χ4v) is 7.29. The van der Waals surface area contributed by atoms with Gasteiger partial charge in [-0.1, -0.05) is 9.24 Å². The smallest absolute Gasteiger partial charge is 0.280 e. The lowest BCUT2D eigenvalue weighted by molar-refractivity contribution is -0.297. The SMILES string of the molecule is CNc1ncnc2c1ncn2C1OC(COC#CP)C(CPCC2OC(n3cnc4c(=O)[nH]c(N)nc43)C(O)C2OO)C1O. The summed E-state index contributed by atoms with van der Waals surface area (Å²) in [6.45, 7) is 0.111. The van der Waals surface area contributed by atoms with Crippen molar-refractivity contribution in [2.45, 2.75) is 43.0 Å². The van der Waals surface area contributed by atoms with E-state index >= 15 is 0 Å². The standard InChI is InChI=1S/C24H30N10O8P2/c1-26-18-13-19(28-7-27-18)33(8-29-13)22-15(35)10(11(40-22)4-39-2-3-43)5-44-6-12-17(42-38)16(36)23(41-12)34-9-30-14-20(34)31-24(25)32-21(14)37/h7-12,15-17,22-23,35-36,38,44H,4-6,43H2,1H3,(H,26,27,28)(H3,25,31,32,37). The van der Waals surface area contributed by atoms with Gasteiger partial charge in [0.1, 0.15) is 49.0 Å². The number of aromatic nitrogens is 8. The van der Waals surface area contributed by atoms with E-state index in [1.165, 1.54) is 17.2 Å². The molecule has 234 valence electrons. The lowest BCUT2D eigenvalue weighted by Gasteiger charge is -2.21. The molecule has 2 fully saturated rings. The molecule has 20 heteroatoms. The monoisotopic (exact) mass is 648 g/mol. The number of fused-ring (bicyclic) bond motifs is 2. The summed E-state index contributed by atoms with van der Waals surface area (Å²) in [5, 5.41) is 35.0. The number of nitrogens with one attached hydrogen (secondary N) is 2. The lowest BCUT2D eigenvalue weighted by atomic mass is 10.0. The minimum absolute atomic E-state index is 0.0190. The molecule has 6 rings (SSSR count). The molecule has 2 aliphatic rings. The number of hydrogen-bond donors (Lipinski definition) is 6. The molecule has 2 saturated heterocycles. The van der Waals surface area contributed by atoms with E-state index in [1.807, 2.05) is 0 Å². The van der Waals surface area contributed by atoms with Gasteiger partial charge in [0.15, 0.2) is 35.1 Å². The first-order valence-corrected chi connectivity index (χ1v) is 15.4. The number of nitrogen functional groups attached to an aromatic ring is 1. The van der Waals surface area contributed by atoms with Gasteiger partial charge < -0.3 is 35.5 Å². The van der Waals surface area contributed by atoms with Gasteiger partial charge in [-0.15, -0.1) is 8.58 Å². The molecule has 0 bridgehead atoms. The minimum Gasteiger partial charge on any atom is -0.444 e. The lowest BCUT2D eigenvalue weighted by Crippen LogP contribution is -2.35. The van der Waals surface area contributed by atoms with E-state index in [2.05, 4.69) is 61.1 Å². The van der Waals surface area contributed by atoms with Crippen LogP contribution in [-0.4, -0.2) is 111 Å². The summed E-state index contributed by atoms with van der Waals surface area (Å²) < 4.78 is 20.8. The van der Waals surface area contributed by atoms with Crippen LogP contribution >= 0.6 is 17.8 Å². The molecule has 0 saturated carbocycles. The Balaban J connectivity index is 1.17. The molecule has 4 aromatic heterocycles. The number of nitrogens with two attached hydrogens (primary N) is 1. The normalized spacial score (nSPS) is 28.7. The molecule has 7 N–H and O–H groups in total. The number of nitrogens with zero attached hydrogens (tertiary/aromatic N) is 7. The Labute approximate surface area is 252 Å². The van der Waals surface area contributed by atoms with Crippen LogP contribution in [0.4, 0.5) is 11.8 Å². The largest absolute Gasteiger partial charge is 0.444 e. The van der Waals surface area contributed by atoms with Gasteiger partial charge in [-0.2, -0.15) is 4.98 Å². The van der Waals surface area contributed by atoms with Gasteiger partial charge in [-0.05, 0) is 18.0 Å². The maximum atomic E-state index is 12.2. The summed E-state index contributed by atoms with van der Waals surface area (Å²) in [7, 11) is 4.16. The third-order valence-electron chi connectivity index (χ3n) is 7.65. The van der Waals surface area contributed by atoms with E-state index in [4.69, 9.17) is 19.9 Å². The molecule has 0 amide bonds. The van der Waals surface area contributed by atoms with Gasteiger partial charge in [0.2, 0.25) is 5.95 Å². The highest BCUT2D eigenvalue weighted by molar-refractivity contribution is 7.38. The molecule has 0 aliphatic carbocycles. The van der Waals surface area contributed by atoms with E-state index in [0.29, 0.717) is 29.3 Å². The van der Waals surface area contributed by atoms with Crippen LogP contribution in [0.15, 0.2) is 23.8 Å². The molecule has 0 aromatic carbocycles. The summed E-state index contributed by atoms with van der Waals surface area (Å²) in [4.78, 5) is 40.3. The molecule has 0 radical (unpaired) electrons. The number of aliphatic hydroxyl groups is 2. The van der Waals surface area contributed by atoms with Crippen LogP contribution < -0.4 is 16.6 Å². The van der Waals surface area contributed by atoms with Crippen molar-refractivity contribution in [3.8, 4) is 11.8 Å². The summed E-state index contributed by atoms with van der Waals surface area (Å²) >= 11 is 0. The number of aliphatic hydroxyl groups excluding tert-OH is 2. The number of ether oxygens (including phenoxy) is 3. The Morgan fingerprint density at radius 1 is 1.09 bits per heavy atom. The highest BCUT2D eigenvalue weighted by Gasteiger charge is 2.48. The van der Waals surface area contributed by atoms with Crippen LogP contribution in [0.25, 0.3) is 22.3 Å². The number of anilines is 2. The van der Waals surface area contributed by atoms with E-state index < -0.39 is 48.5 Å². The molecule has 4 aromatic rings. The maximum absolute atomic E-state index is 12.2. The van der Waals surface area contributed by atoms with Gasteiger partial charge in [0, 0.05) is 13.0 Å². The Hall–Kier alpha value is -3.52. The number of H-pyrrole nitrogens is 1. The number of rotatable bonds is 10. The first-order chi connectivity index (χ1) is 21.4. The van der Waals surface area contributed by atoms with Crippen LogP contribution in [0.1, 0.15) is 12.5 Å². The third kappa shape index (κ3) is 5.46. The zero-order chi connectivity index (χ0) is 31.0. The topological polar surface area (TPSA) is 243 Å². The van der Waals surface area contributed by atoms with Crippen molar-refractivity contribution in [2.75, 3.05) is 37.0 Å². The third-order valence-corrected chi connectivity index (χ3v) is 9.22. The molecule has 2 aliphatic heterocycles. The summed E-state index contributed by atoms with van der Waals surface area (Å²) in [5.74, 6) is 0.0447. The predicted molar refractivity (Wildman–Crippen MR) is 160 cm³/mol. The molecule has 44 heavy (non-hydrogen) atoms. The predicted octanol–water partition coefficient (Wildman–Crippen LogP) is -0.937. The Kier molecular flexibility index (Phi) is 8.90. The molecular formula is C24H30N10O8P2. The fourth-order valence-electron chi connectivity index (χ4n) is 5.59. The van der Waals surface area contributed by atoms with Crippen LogP contribution in [0.5, 0.6) is 0 Å². The maximum Gasteiger partial charge on any atom is 0.280 e.